The summed E-state index contributed by atoms with van der Waals surface area (Å²) in [4.78, 5) is 0. The monoisotopic (exact) mass is 372 g/mol. The van der Waals surface area contributed by atoms with Crippen LogP contribution in [0.25, 0.3) is 0 Å². The topological polar surface area (TPSA) is 18.5 Å². The Labute approximate surface area is 151 Å². The van der Waals surface area contributed by atoms with Crippen molar-refractivity contribution >= 4 is 0 Å². The molecule has 3 rings (SSSR count). The summed E-state index contributed by atoms with van der Waals surface area (Å²) in [6.07, 6.45) is 6.85. The van der Waals surface area contributed by atoms with Crippen molar-refractivity contribution in [1.82, 2.24) is 0 Å². The van der Waals surface area contributed by atoms with E-state index in [2.05, 4.69) is 4.74 Å². The molecule has 2 aliphatic rings. The first-order valence-electron chi connectivity index (χ1n) is 9.29. The molecule has 0 atom stereocenters. The van der Waals surface area contributed by atoms with Gasteiger partial charge in [0.1, 0.15) is 0 Å². The van der Waals surface area contributed by atoms with E-state index < -0.39 is 17.9 Å². The van der Waals surface area contributed by atoms with E-state index in [1.807, 2.05) is 12.2 Å². The third-order valence-corrected chi connectivity index (χ3v) is 5.20. The average Bonchev–Trinajstić information content (AvgIpc) is 3.03. The number of rotatable bonds is 7. The van der Waals surface area contributed by atoms with Crippen LogP contribution in [0.5, 0.6) is 11.5 Å². The lowest BCUT2D eigenvalue weighted by molar-refractivity contribution is -0.276. The number of alkyl halides is 3. The van der Waals surface area contributed by atoms with Crippen LogP contribution >= 0.6 is 0 Å². The van der Waals surface area contributed by atoms with E-state index in [4.69, 9.17) is 4.74 Å². The van der Waals surface area contributed by atoms with Crippen LogP contribution in [-0.4, -0.2) is 13.0 Å². The maximum atomic E-state index is 14.6. The second kappa shape index (κ2) is 8.31. The van der Waals surface area contributed by atoms with Gasteiger partial charge >= 0.3 is 6.36 Å². The van der Waals surface area contributed by atoms with Crippen LogP contribution in [0.1, 0.15) is 50.5 Å². The summed E-state index contributed by atoms with van der Waals surface area (Å²) >= 11 is 0. The number of ether oxygens (including phenoxy) is 2. The van der Waals surface area contributed by atoms with Crippen LogP contribution in [0, 0.1) is 17.7 Å². The van der Waals surface area contributed by atoms with Crippen LogP contribution in [-0.2, 0) is 6.42 Å². The first-order valence-corrected chi connectivity index (χ1v) is 9.29. The largest absolute Gasteiger partial charge is 0.573 e. The maximum Gasteiger partial charge on any atom is 0.573 e. The van der Waals surface area contributed by atoms with Crippen LogP contribution < -0.4 is 9.47 Å². The molecule has 0 unspecified atom stereocenters. The minimum Gasteiger partial charge on any atom is -0.489 e. The van der Waals surface area contributed by atoms with E-state index in [1.165, 1.54) is 25.0 Å². The van der Waals surface area contributed by atoms with Crippen molar-refractivity contribution < 1.29 is 27.0 Å². The summed E-state index contributed by atoms with van der Waals surface area (Å²) in [6.45, 7) is 0.286. The SMILES string of the molecule is Fc1c(C/C=C/C2CCCC2)ccc(OCC2CCC2)c1OC(F)(F)F. The first-order chi connectivity index (χ1) is 12.4. The minimum absolute atomic E-state index is 0.175. The van der Waals surface area contributed by atoms with E-state index >= 15 is 0 Å². The Morgan fingerprint density at radius 2 is 1.77 bits per heavy atom. The van der Waals surface area contributed by atoms with Crippen LogP contribution in [0.4, 0.5) is 17.6 Å². The van der Waals surface area contributed by atoms with Crippen molar-refractivity contribution in [2.75, 3.05) is 6.61 Å². The molecule has 0 bridgehead atoms. The van der Waals surface area contributed by atoms with Crippen LogP contribution in [0.3, 0.4) is 0 Å². The molecule has 0 aromatic heterocycles. The molecular formula is C20H24F4O2. The van der Waals surface area contributed by atoms with Gasteiger partial charge in [-0.3, -0.25) is 0 Å². The predicted molar refractivity (Wildman–Crippen MR) is 90.7 cm³/mol. The van der Waals surface area contributed by atoms with Gasteiger partial charge in [-0.05, 0) is 55.6 Å². The molecule has 2 nitrogen and oxygen atoms in total. The van der Waals surface area contributed by atoms with Crippen molar-refractivity contribution in [2.45, 2.75) is 57.7 Å². The maximum absolute atomic E-state index is 14.6. The number of halogens is 4. The Morgan fingerprint density at radius 1 is 1.04 bits per heavy atom. The van der Waals surface area contributed by atoms with Gasteiger partial charge in [-0.15, -0.1) is 13.2 Å². The fraction of sp³-hybridized carbons (Fsp3) is 0.600. The van der Waals surface area contributed by atoms with Crippen molar-refractivity contribution in [3.8, 4) is 11.5 Å². The Kier molecular flexibility index (Phi) is 6.09. The smallest absolute Gasteiger partial charge is 0.489 e. The van der Waals surface area contributed by atoms with Crippen molar-refractivity contribution in [3.05, 3.63) is 35.7 Å². The highest BCUT2D eigenvalue weighted by molar-refractivity contribution is 5.45. The molecule has 2 aliphatic carbocycles. The summed E-state index contributed by atoms with van der Waals surface area (Å²) in [6, 6.07) is 2.86. The van der Waals surface area contributed by atoms with Crippen LogP contribution in [0.15, 0.2) is 24.3 Å². The second-order valence-corrected chi connectivity index (χ2v) is 7.20. The third-order valence-electron chi connectivity index (χ3n) is 5.20. The van der Waals surface area contributed by atoms with Gasteiger partial charge in [-0.1, -0.05) is 37.5 Å². The summed E-state index contributed by atoms with van der Waals surface area (Å²) < 4.78 is 62.1. The quantitative estimate of drug-likeness (QED) is 0.419. The number of hydrogen-bond donors (Lipinski definition) is 0. The standard InChI is InChI=1S/C20H24F4O2/c21-18-16(10-4-7-14-5-1-2-6-14)11-12-17(19(18)26-20(22,23)24)25-13-15-8-3-9-15/h4,7,11-12,14-15H,1-3,5-6,8-10,13H2/b7-4+. The molecule has 1 aromatic carbocycles. The Hall–Kier alpha value is -1.72. The molecule has 26 heavy (non-hydrogen) atoms. The molecule has 0 heterocycles. The normalized spacial score (nSPS) is 19.1. The van der Waals surface area contributed by atoms with E-state index in [0.717, 1.165) is 32.1 Å². The molecule has 0 radical (unpaired) electrons. The molecule has 0 saturated heterocycles. The van der Waals surface area contributed by atoms with Gasteiger partial charge in [-0.25, -0.2) is 4.39 Å². The summed E-state index contributed by atoms with van der Waals surface area (Å²) in [5.41, 5.74) is 0.175. The van der Waals surface area contributed by atoms with E-state index in [-0.39, 0.29) is 24.3 Å². The first kappa shape index (κ1) is 19.1. The summed E-state index contributed by atoms with van der Waals surface area (Å²) in [5, 5.41) is 0. The third kappa shape index (κ3) is 5.15. The minimum atomic E-state index is -4.96. The van der Waals surface area contributed by atoms with Crippen molar-refractivity contribution in [2.24, 2.45) is 11.8 Å². The Morgan fingerprint density at radius 3 is 2.38 bits per heavy atom. The molecular weight excluding hydrogens is 348 g/mol. The second-order valence-electron chi connectivity index (χ2n) is 7.20. The Balaban J connectivity index is 1.73. The van der Waals surface area contributed by atoms with E-state index in [0.29, 0.717) is 11.8 Å². The van der Waals surface area contributed by atoms with Gasteiger partial charge in [0.05, 0.1) is 6.61 Å². The van der Waals surface area contributed by atoms with E-state index in [9.17, 15) is 17.6 Å². The van der Waals surface area contributed by atoms with Crippen molar-refractivity contribution in [1.29, 1.82) is 0 Å². The van der Waals surface area contributed by atoms with Gasteiger partial charge in [-0.2, -0.15) is 0 Å². The predicted octanol–water partition coefficient (Wildman–Crippen LogP) is 6.19. The molecule has 0 aliphatic heterocycles. The van der Waals surface area contributed by atoms with Gasteiger partial charge in [0.15, 0.2) is 11.6 Å². The summed E-state index contributed by atoms with van der Waals surface area (Å²) in [5.74, 6) is -1.22. The molecule has 0 spiro atoms. The highest BCUT2D eigenvalue weighted by Crippen LogP contribution is 2.38. The van der Waals surface area contributed by atoms with Crippen molar-refractivity contribution in [3.63, 3.8) is 0 Å². The highest BCUT2D eigenvalue weighted by Gasteiger charge is 2.35. The average molecular weight is 372 g/mol. The molecule has 0 amide bonds. The number of benzene rings is 1. The lowest BCUT2D eigenvalue weighted by Gasteiger charge is -2.26. The molecule has 1 aromatic rings. The zero-order chi connectivity index (χ0) is 18.6. The molecule has 0 N–H and O–H groups in total. The summed E-state index contributed by atoms with van der Waals surface area (Å²) in [7, 11) is 0. The number of hydrogen-bond acceptors (Lipinski definition) is 2. The molecule has 6 heteroatoms. The van der Waals surface area contributed by atoms with Gasteiger partial charge in [0.25, 0.3) is 0 Å². The zero-order valence-electron chi connectivity index (χ0n) is 14.7. The lowest BCUT2D eigenvalue weighted by atomic mass is 9.86. The van der Waals surface area contributed by atoms with E-state index in [1.54, 1.807) is 0 Å². The lowest BCUT2D eigenvalue weighted by Crippen LogP contribution is -2.22. The fourth-order valence-electron chi connectivity index (χ4n) is 3.47. The van der Waals surface area contributed by atoms with Gasteiger partial charge in [0.2, 0.25) is 5.75 Å². The molecule has 144 valence electrons. The number of allylic oxidation sites excluding steroid dienone is 2. The fourth-order valence-corrected chi connectivity index (χ4v) is 3.47. The zero-order valence-corrected chi connectivity index (χ0v) is 14.7. The molecule has 2 fully saturated rings. The Bertz CT molecular complexity index is 629. The van der Waals surface area contributed by atoms with Crippen LogP contribution in [0.2, 0.25) is 0 Å². The van der Waals surface area contributed by atoms with Gasteiger partial charge in [0, 0.05) is 0 Å². The highest BCUT2D eigenvalue weighted by atomic mass is 19.4. The molecule has 2 saturated carbocycles. The van der Waals surface area contributed by atoms with Gasteiger partial charge < -0.3 is 9.47 Å².